The molecule has 0 bridgehead atoms. The first-order valence-electron chi connectivity index (χ1n) is 8.31. The van der Waals surface area contributed by atoms with Crippen LogP contribution in [-0.2, 0) is 27.2 Å². The third-order valence-electron chi connectivity index (χ3n) is 3.71. The van der Waals surface area contributed by atoms with Crippen molar-refractivity contribution in [2.45, 2.75) is 12.8 Å². The molecule has 2 rings (SSSR count). The Hall–Kier alpha value is -2.74. The van der Waals surface area contributed by atoms with Crippen molar-refractivity contribution in [1.29, 1.82) is 0 Å². The van der Waals surface area contributed by atoms with Gasteiger partial charge in [-0.25, -0.2) is 0 Å². The summed E-state index contributed by atoms with van der Waals surface area (Å²) >= 11 is 1.64. The fourth-order valence-electron chi connectivity index (χ4n) is 2.43. The van der Waals surface area contributed by atoms with E-state index in [4.69, 9.17) is 18.9 Å². The predicted molar refractivity (Wildman–Crippen MR) is 102 cm³/mol. The van der Waals surface area contributed by atoms with Crippen molar-refractivity contribution in [3.05, 3.63) is 40.1 Å². The van der Waals surface area contributed by atoms with Gasteiger partial charge in [-0.15, -0.1) is 11.3 Å². The van der Waals surface area contributed by atoms with E-state index in [0.29, 0.717) is 29.4 Å². The molecule has 1 heterocycles. The van der Waals surface area contributed by atoms with Gasteiger partial charge in [-0.2, -0.15) is 0 Å². The molecule has 146 valence electrons. The van der Waals surface area contributed by atoms with Crippen LogP contribution in [0.2, 0.25) is 0 Å². The minimum Gasteiger partial charge on any atom is -0.493 e. The maximum atomic E-state index is 12.0. The highest BCUT2D eigenvalue weighted by Gasteiger charge is 2.16. The van der Waals surface area contributed by atoms with Crippen LogP contribution in [0, 0.1) is 0 Å². The maximum Gasteiger partial charge on any atom is 0.310 e. The number of carbonyl (C=O) groups is 2. The normalized spacial score (nSPS) is 10.2. The highest BCUT2D eigenvalue weighted by atomic mass is 32.1. The summed E-state index contributed by atoms with van der Waals surface area (Å²) in [5.41, 5.74) is 0.632. The maximum absolute atomic E-state index is 12.0. The predicted octanol–water partition coefficient (Wildman–Crippen LogP) is 2.22. The van der Waals surface area contributed by atoms with Gasteiger partial charge >= 0.3 is 5.97 Å². The SMILES string of the molecule is COc1cc(CC(=O)OCC(=O)NCCc2cccs2)cc(OC)c1OC. The number of rotatable bonds is 10. The number of hydrogen-bond donors (Lipinski definition) is 1. The molecule has 0 saturated carbocycles. The molecule has 1 N–H and O–H groups in total. The summed E-state index contributed by atoms with van der Waals surface area (Å²) in [7, 11) is 4.51. The third-order valence-corrected chi connectivity index (χ3v) is 4.65. The molecular weight excluding hydrogens is 370 g/mol. The monoisotopic (exact) mass is 393 g/mol. The molecule has 0 fully saturated rings. The van der Waals surface area contributed by atoms with Gasteiger partial charge in [0, 0.05) is 11.4 Å². The lowest BCUT2D eigenvalue weighted by Crippen LogP contribution is -2.30. The molecule has 0 atom stereocenters. The van der Waals surface area contributed by atoms with E-state index in [1.54, 1.807) is 23.5 Å². The van der Waals surface area contributed by atoms with Crippen molar-refractivity contribution < 1.29 is 28.5 Å². The molecule has 0 radical (unpaired) electrons. The average Bonchev–Trinajstić information content (AvgIpc) is 3.19. The summed E-state index contributed by atoms with van der Waals surface area (Å²) in [6, 6.07) is 7.31. The summed E-state index contributed by atoms with van der Waals surface area (Å²) in [4.78, 5) is 25.0. The van der Waals surface area contributed by atoms with Gasteiger partial charge < -0.3 is 24.3 Å². The fourth-order valence-corrected chi connectivity index (χ4v) is 3.14. The summed E-state index contributed by atoms with van der Waals surface area (Å²) < 4.78 is 20.8. The van der Waals surface area contributed by atoms with Gasteiger partial charge in [-0.05, 0) is 35.6 Å². The van der Waals surface area contributed by atoms with Crippen molar-refractivity contribution in [2.75, 3.05) is 34.5 Å². The minimum absolute atomic E-state index is 0.0147. The molecule has 0 aliphatic heterocycles. The molecular formula is C19H23NO6S. The first-order chi connectivity index (χ1) is 13.1. The molecule has 0 spiro atoms. The van der Waals surface area contributed by atoms with Crippen molar-refractivity contribution in [2.24, 2.45) is 0 Å². The molecule has 0 saturated heterocycles. The molecule has 0 aliphatic carbocycles. The number of amides is 1. The van der Waals surface area contributed by atoms with Crippen LogP contribution in [0.3, 0.4) is 0 Å². The zero-order chi connectivity index (χ0) is 19.6. The first kappa shape index (κ1) is 20.6. The van der Waals surface area contributed by atoms with E-state index in [9.17, 15) is 9.59 Å². The quantitative estimate of drug-likeness (QED) is 0.623. The van der Waals surface area contributed by atoms with Crippen LogP contribution in [0.1, 0.15) is 10.4 Å². The van der Waals surface area contributed by atoms with Crippen LogP contribution in [0.25, 0.3) is 0 Å². The molecule has 0 aliphatic rings. The Morgan fingerprint density at radius 3 is 2.33 bits per heavy atom. The molecule has 27 heavy (non-hydrogen) atoms. The van der Waals surface area contributed by atoms with Crippen LogP contribution in [0.15, 0.2) is 29.6 Å². The van der Waals surface area contributed by atoms with Gasteiger partial charge in [0.2, 0.25) is 5.75 Å². The second-order valence-electron chi connectivity index (χ2n) is 5.55. The zero-order valence-electron chi connectivity index (χ0n) is 15.6. The number of benzene rings is 1. The molecule has 1 aromatic heterocycles. The van der Waals surface area contributed by atoms with E-state index < -0.39 is 5.97 Å². The Morgan fingerprint density at radius 2 is 1.78 bits per heavy atom. The van der Waals surface area contributed by atoms with Gasteiger partial charge in [0.05, 0.1) is 27.8 Å². The third kappa shape index (κ3) is 6.18. The molecule has 1 amide bonds. The molecule has 8 heteroatoms. The van der Waals surface area contributed by atoms with Crippen LogP contribution in [-0.4, -0.2) is 46.4 Å². The van der Waals surface area contributed by atoms with E-state index in [1.807, 2.05) is 17.5 Å². The van der Waals surface area contributed by atoms with E-state index >= 15 is 0 Å². The Bertz CT molecular complexity index is 735. The average molecular weight is 393 g/mol. The van der Waals surface area contributed by atoms with E-state index in [-0.39, 0.29) is 18.9 Å². The first-order valence-corrected chi connectivity index (χ1v) is 9.19. The number of hydrogen-bond acceptors (Lipinski definition) is 7. The van der Waals surface area contributed by atoms with Gasteiger partial charge in [0.15, 0.2) is 18.1 Å². The van der Waals surface area contributed by atoms with Crippen molar-refractivity contribution in [3.63, 3.8) is 0 Å². The van der Waals surface area contributed by atoms with Crippen molar-refractivity contribution in [3.8, 4) is 17.2 Å². The number of ether oxygens (including phenoxy) is 4. The highest BCUT2D eigenvalue weighted by Crippen LogP contribution is 2.38. The number of nitrogens with one attached hydrogen (secondary N) is 1. The van der Waals surface area contributed by atoms with E-state index in [1.165, 1.54) is 26.2 Å². The molecule has 0 unspecified atom stereocenters. The Labute approximate surface area is 162 Å². The summed E-state index contributed by atoms with van der Waals surface area (Å²) in [5, 5.41) is 4.71. The Kier molecular flexibility index (Phi) is 7.94. The molecule has 1 aromatic carbocycles. The van der Waals surface area contributed by atoms with E-state index in [2.05, 4.69) is 5.32 Å². The van der Waals surface area contributed by atoms with Crippen LogP contribution < -0.4 is 19.5 Å². The van der Waals surface area contributed by atoms with Gasteiger partial charge in [0.25, 0.3) is 5.91 Å². The summed E-state index contributed by atoms with van der Waals surface area (Å²) in [6.07, 6.45) is 0.738. The van der Waals surface area contributed by atoms with Gasteiger partial charge in [-0.3, -0.25) is 9.59 Å². The van der Waals surface area contributed by atoms with Crippen molar-refractivity contribution in [1.82, 2.24) is 5.32 Å². The van der Waals surface area contributed by atoms with Crippen molar-refractivity contribution >= 4 is 23.2 Å². The van der Waals surface area contributed by atoms with Crippen LogP contribution in [0.5, 0.6) is 17.2 Å². The van der Waals surface area contributed by atoms with Gasteiger partial charge in [0.1, 0.15) is 0 Å². The lowest BCUT2D eigenvalue weighted by molar-refractivity contribution is -0.147. The zero-order valence-corrected chi connectivity index (χ0v) is 16.4. The molecule has 7 nitrogen and oxygen atoms in total. The number of thiophene rings is 1. The topological polar surface area (TPSA) is 83.1 Å². The minimum atomic E-state index is -0.516. The molecule has 2 aromatic rings. The smallest absolute Gasteiger partial charge is 0.310 e. The second-order valence-corrected chi connectivity index (χ2v) is 6.58. The Balaban J connectivity index is 1.81. The fraction of sp³-hybridized carbons (Fsp3) is 0.368. The number of esters is 1. The Morgan fingerprint density at radius 1 is 1.07 bits per heavy atom. The lowest BCUT2D eigenvalue weighted by Gasteiger charge is -2.14. The largest absolute Gasteiger partial charge is 0.493 e. The lowest BCUT2D eigenvalue weighted by atomic mass is 10.1. The number of carbonyl (C=O) groups excluding carboxylic acids is 2. The summed E-state index contributed by atoms with van der Waals surface area (Å²) in [6.45, 7) is 0.192. The summed E-state index contributed by atoms with van der Waals surface area (Å²) in [5.74, 6) is 0.502. The van der Waals surface area contributed by atoms with Crippen LogP contribution in [0.4, 0.5) is 0 Å². The second kappa shape index (κ2) is 10.4. The standard InChI is InChI=1S/C19H23NO6S/c1-23-15-9-13(10-16(24-2)19(15)25-3)11-18(22)26-12-17(21)20-7-6-14-5-4-8-27-14/h4-5,8-10H,6-7,11-12H2,1-3H3,(H,20,21). The number of methoxy groups -OCH3 is 3. The highest BCUT2D eigenvalue weighted by molar-refractivity contribution is 7.09. The van der Waals surface area contributed by atoms with Gasteiger partial charge in [-0.1, -0.05) is 6.07 Å². The van der Waals surface area contributed by atoms with Crippen LogP contribution >= 0.6 is 11.3 Å². The van der Waals surface area contributed by atoms with E-state index in [0.717, 1.165) is 6.42 Å².